The summed E-state index contributed by atoms with van der Waals surface area (Å²) in [5.74, 6) is 0.355. The van der Waals surface area contributed by atoms with Gasteiger partial charge < -0.3 is 10.1 Å². The molecule has 0 unspecified atom stereocenters. The van der Waals surface area contributed by atoms with Crippen molar-refractivity contribution < 1.29 is 14.5 Å². The summed E-state index contributed by atoms with van der Waals surface area (Å²) >= 11 is 0. The Hall–Kier alpha value is -1.99. The average molecular weight is 321 g/mol. The number of ether oxygens (including phenoxy) is 1. The number of carbonyl (C=O) groups is 1. The van der Waals surface area contributed by atoms with Crippen molar-refractivity contribution >= 4 is 11.6 Å². The molecule has 0 bridgehead atoms. The largest absolute Gasteiger partial charge is 0.374 e. The molecular formula is C16H23N3O4. The Morgan fingerprint density at radius 1 is 1.43 bits per heavy atom. The zero-order valence-electron chi connectivity index (χ0n) is 13.5. The maximum Gasteiger partial charge on any atom is 0.269 e. The third-order valence-electron chi connectivity index (χ3n) is 3.68. The van der Waals surface area contributed by atoms with E-state index in [1.54, 1.807) is 0 Å². The number of nitrogens with one attached hydrogen (secondary N) is 1. The smallest absolute Gasteiger partial charge is 0.269 e. The van der Waals surface area contributed by atoms with Gasteiger partial charge in [0.2, 0.25) is 0 Å². The van der Waals surface area contributed by atoms with Gasteiger partial charge in [0.05, 0.1) is 17.6 Å². The molecule has 1 aliphatic rings. The second kappa shape index (κ2) is 8.03. The summed E-state index contributed by atoms with van der Waals surface area (Å²) < 4.78 is 5.68. The molecule has 1 saturated heterocycles. The molecule has 1 fully saturated rings. The Morgan fingerprint density at radius 3 is 2.74 bits per heavy atom. The molecule has 1 aliphatic heterocycles. The lowest BCUT2D eigenvalue weighted by molar-refractivity contribution is -0.384. The molecule has 0 aliphatic carbocycles. The molecule has 126 valence electrons. The fraction of sp³-hybridized carbons (Fsp3) is 0.562. The average Bonchev–Trinajstić information content (AvgIpc) is 2.52. The number of benzene rings is 1. The van der Waals surface area contributed by atoms with Crippen LogP contribution in [-0.2, 0) is 4.74 Å². The van der Waals surface area contributed by atoms with Crippen LogP contribution < -0.4 is 5.32 Å². The van der Waals surface area contributed by atoms with Crippen LogP contribution in [0.15, 0.2) is 24.3 Å². The number of hydrogen-bond acceptors (Lipinski definition) is 5. The fourth-order valence-electron chi connectivity index (χ4n) is 2.63. The molecule has 0 radical (unpaired) electrons. The van der Waals surface area contributed by atoms with E-state index in [9.17, 15) is 14.9 Å². The van der Waals surface area contributed by atoms with Crippen molar-refractivity contribution in [3.8, 4) is 0 Å². The van der Waals surface area contributed by atoms with Crippen LogP contribution in [-0.4, -0.2) is 54.6 Å². The molecule has 0 aromatic heterocycles. The minimum Gasteiger partial charge on any atom is -0.374 e. The molecule has 0 saturated carbocycles. The Bertz CT molecular complexity index is 545. The molecule has 23 heavy (non-hydrogen) atoms. The Balaban J connectivity index is 1.82. The molecule has 7 heteroatoms. The number of nitrogens with zero attached hydrogens (tertiary/aromatic N) is 2. The van der Waals surface area contributed by atoms with Gasteiger partial charge in [-0.3, -0.25) is 19.8 Å². The zero-order chi connectivity index (χ0) is 16.8. The van der Waals surface area contributed by atoms with Crippen LogP contribution in [0.1, 0.15) is 24.2 Å². The van der Waals surface area contributed by atoms with E-state index in [1.807, 2.05) is 0 Å². The normalized spacial score (nSPS) is 18.8. The van der Waals surface area contributed by atoms with E-state index in [0.29, 0.717) is 24.6 Å². The third-order valence-corrected chi connectivity index (χ3v) is 3.68. The summed E-state index contributed by atoms with van der Waals surface area (Å²) in [5, 5.41) is 13.4. The zero-order valence-corrected chi connectivity index (χ0v) is 13.5. The van der Waals surface area contributed by atoms with Gasteiger partial charge in [-0.1, -0.05) is 13.8 Å². The van der Waals surface area contributed by atoms with E-state index in [0.717, 1.165) is 19.6 Å². The Labute approximate surface area is 135 Å². The summed E-state index contributed by atoms with van der Waals surface area (Å²) in [6.45, 7) is 8.22. The van der Waals surface area contributed by atoms with Crippen LogP contribution in [0.3, 0.4) is 0 Å². The third kappa shape index (κ3) is 5.30. The highest BCUT2D eigenvalue weighted by Crippen LogP contribution is 2.12. The number of nitro groups is 1. The second-order valence-electron chi connectivity index (χ2n) is 6.16. The van der Waals surface area contributed by atoms with E-state index < -0.39 is 4.92 Å². The van der Waals surface area contributed by atoms with Crippen molar-refractivity contribution in [1.29, 1.82) is 0 Å². The lowest BCUT2D eigenvalue weighted by atomic mass is 10.1. The fourth-order valence-corrected chi connectivity index (χ4v) is 2.63. The SMILES string of the molecule is CC(C)CN1CCO[C@H](CNC(=O)c2ccc([N+](=O)[O-])cc2)C1. The van der Waals surface area contributed by atoms with E-state index >= 15 is 0 Å². The van der Waals surface area contributed by atoms with Gasteiger partial charge in [0, 0.05) is 43.9 Å². The molecule has 1 amide bonds. The minimum atomic E-state index is -0.485. The predicted octanol–water partition coefficient (Wildman–Crippen LogP) is 1.68. The lowest BCUT2D eigenvalue weighted by Gasteiger charge is -2.33. The van der Waals surface area contributed by atoms with Crippen LogP contribution in [0.2, 0.25) is 0 Å². The molecule has 2 rings (SSSR count). The molecule has 1 N–H and O–H groups in total. The molecule has 1 aromatic rings. The first-order valence-corrected chi connectivity index (χ1v) is 7.82. The van der Waals surface area contributed by atoms with Crippen LogP contribution in [0, 0.1) is 16.0 Å². The lowest BCUT2D eigenvalue weighted by Crippen LogP contribution is -2.48. The van der Waals surface area contributed by atoms with Crippen molar-refractivity contribution in [2.75, 3.05) is 32.8 Å². The first-order chi connectivity index (χ1) is 11.0. The quantitative estimate of drug-likeness (QED) is 0.636. The van der Waals surface area contributed by atoms with Gasteiger partial charge in [0.1, 0.15) is 0 Å². The number of morpholine rings is 1. The molecule has 7 nitrogen and oxygen atoms in total. The first-order valence-electron chi connectivity index (χ1n) is 7.82. The van der Waals surface area contributed by atoms with Gasteiger partial charge in [-0.25, -0.2) is 0 Å². The van der Waals surface area contributed by atoms with E-state index in [-0.39, 0.29) is 17.7 Å². The number of non-ortho nitro benzene ring substituents is 1. The number of hydrogen-bond donors (Lipinski definition) is 1. The van der Waals surface area contributed by atoms with Crippen molar-refractivity contribution in [2.45, 2.75) is 20.0 Å². The van der Waals surface area contributed by atoms with Crippen molar-refractivity contribution in [2.24, 2.45) is 5.92 Å². The summed E-state index contributed by atoms with van der Waals surface area (Å²) in [6, 6.07) is 5.58. The highest BCUT2D eigenvalue weighted by Gasteiger charge is 2.21. The maximum absolute atomic E-state index is 12.1. The van der Waals surface area contributed by atoms with Crippen molar-refractivity contribution in [1.82, 2.24) is 10.2 Å². The summed E-state index contributed by atoms with van der Waals surface area (Å²) in [6.07, 6.45) is -0.0236. The van der Waals surface area contributed by atoms with Gasteiger partial charge in [-0.15, -0.1) is 0 Å². The molecule has 0 spiro atoms. The van der Waals surface area contributed by atoms with Crippen LogP contribution in [0.4, 0.5) is 5.69 Å². The summed E-state index contributed by atoms with van der Waals surface area (Å²) in [4.78, 5) is 24.5. The second-order valence-corrected chi connectivity index (χ2v) is 6.16. The highest BCUT2D eigenvalue weighted by atomic mass is 16.6. The first kappa shape index (κ1) is 17.4. The topological polar surface area (TPSA) is 84.7 Å². The predicted molar refractivity (Wildman–Crippen MR) is 86.4 cm³/mol. The number of nitro benzene ring substituents is 1. The molecule has 1 atom stereocenters. The van der Waals surface area contributed by atoms with Gasteiger partial charge in [0.15, 0.2) is 0 Å². The van der Waals surface area contributed by atoms with Gasteiger partial charge in [0.25, 0.3) is 11.6 Å². The molecule has 1 heterocycles. The number of rotatable bonds is 6. The van der Waals surface area contributed by atoms with Crippen LogP contribution in [0.5, 0.6) is 0 Å². The van der Waals surface area contributed by atoms with E-state index in [1.165, 1.54) is 24.3 Å². The van der Waals surface area contributed by atoms with Gasteiger partial charge in [-0.05, 0) is 18.1 Å². The van der Waals surface area contributed by atoms with Crippen molar-refractivity contribution in [3.63, 3.8) is 0 Å². The van der Waals surface area contributed by atoms with E-state index in [2.05, 4.69) is 24.1 Å². The monoisotopic (exact) mass is 321 g/mol. The Kier molecular flexibility index (Phi) is 6.06. The highest BCUT2D eigenvalue weighted by molar-refractivity contribution is 5.94. The van der Waals surface area contributed by atoms with Crippen molar-refractivity contribution in [3.05, 3.63) is 39.9 Å². The molecule has 1 aromatic carbocycles. The summed E-state index contributed by atoms with van der Waals surface area (Å²) in [7, 11) is 0. The number of amides is 1. The van der Waals surface area contributed by atoms with E-state index in [4.69, 9.17) is 4.74 Å². The van der Waals surface area contributed by atoms with Crippen LogP contribution >= 0.6 is 0 Å². The minimum absolute atomic E-state index is 0.0236. The number of carbonyl (C=O) groups excluding carboxylic acids is 1. The van der Waals surface area contributed by atoms with Gasteiger partial charge in [-0.2, -0.15) is 0 Å². The summed E-state index contributed by atoms with van der Waals surface area (Å²) in [5.41, 5.74) is 0.381. The Morgan fingerprint density at radius 2 is 2.13 bits per heavy atom. The molecular weight excluding hydrogens is 298 g/mol. The maximum atomic E-state index is 12.1. The standard InChI is InChI=1S/C16H23N3O4/c1-12(2)10-18-7-8-23-15(11-18)9-17-16(20)13-3-5-14(6-4-13)19(21)22/h3-6,12,15H,7-11H2,1-2H3,(H,17,20)/t15-/m1/s1. The van der Waals surface area contributed by atoms with Gasteiger partial charge >= 0.3 is 0 Å². The van der Waals surface area contributed by atoms with Crippen LogP contribution in [0.25, 0.3) is 0 Å².